The predicted molar refractivity (Wildman–Crippen MR) is 113 cm³/mol. The van der Waals surface area contributed by atoms with Gasteiger partial charge in [0, 0.05) is 25.3 Å². The van der Waals surface area contributed by atoms with Crippen molar-refractivity contribution < 1.29 is 14.3 Å². The van der Waals surface area contributed by atoms with Crippen LogP contribution in [0.4, 0.5) is 0 Å². The Labute approximate surface area is 186 Å². The van der Waals surface area contributed by atoms with Crippen molar-refractivity contribution in [1.29, 1.82) is 0 Å². The summed E-state index contributed by atoms with van der Waals surface area (Å²) in [6.45, 7) is 3.45. The van der Waals surface area contributed by atoms with Crippen LogP contribution >= 0.6 is 0 Å². The van der Waals surface area contributed by atoms with E-state index in [1.807, 2.05) is 23.2 Å². The zero-order valence-electron chi connectivity index (χ0n) is 18.4. The lowest BCUT2D eigenvalue weighted by Crippen LogP contribution is -2.42. The molecule has 0 unspecified atom stereocenters. The van der Waals surface area contributed by atoms with Crippen molar-refractivity contribution in [2.45, 2.75) is 51.6 Å². The van der Waals surface area contributed by atoms with Crippen molar-refractivity contribution >= 4 is 11.9 Å². The van der Waals surface area contributed by atoms with Crippen LogP contribution in [0, 0.1) is 5.41 Å². The van der Waals surface area contributed by atoms with Crippen molar-refractivity contribution in [3.8, 4) is 5.82 Å². The number of pyridine rings is 1. The third-order valence-electron chi connectivity index (χ3n) is 7.28. The van der Waals surface area contributed by atoms with Gasteiger partial charge in [0.05, 0.1) is 16.7 Å². The van der Waals surface area contributed by atoms with Gasteiger partial charge in [-0.2, -0.15) is 4.68 Å². The molecule has 10 nitrogen and oxygen atoms in total. The number of tetrazole rings is 1. The first-order chi connectivity index (χ1) is 15.5. The monoisotopic (exact) mass is 437 g/mol. The van der Waals surface area contributed by atoms with E-state index < -0.39 is 0 Å². The predicted octanol–water partition coefficient (Wildman–Crippen LogP) is 1.48. The maximum atomic E-state index is 13.3. The first-order valence-electron chi connectivity index (χ1n) is 11.0. The van der Waals surface area contributed by atoms with Crippen LogP contribution in [-0.2, 0) is 20.9 Å². The molecule has 1 spiro atoms. The third-order valence-corrected chi connectivity index (χ3v) is 7.28. The lowest BCUT2D eigenvalue weighted by atomic mass is 9.71. The van der Waals surface area contributed by atoms with E-state index in [2.05, 4.69) is 32.5 Å². The fourth-order valence-corrected chi connectivity index (χ4v) is 5.22. The van der Waals surface area contributed by atoms with E-state index in [0.717, 1.165) is 49.9 Å². The second-order valence-electron chi connectivity index (χ2n) is 9.06. The van der Waals surface area contributed by atoms with Crippen molar-refractivity contribution in [3.05, 3.63) is 41.5 Å². The summed E-state index contributed by atoms with van der Waals surface area (Å²) in [6, 6.07) is 4.39. The number of cyclic esters (lactones) is 1. The third kappa shape index (κ3) is 3.58. The zero-order valence-corrected chi connectivity index (χ0v) is 18.4. The molecule has 0 aromatic carbocycles. The Morgan fingerprint density at radius 3 is 2.66 bits per heavy atom. The highest BCUT2D eigenvalue weighted by Crippen LogP contribution is 2.47. The average Bonchev–Trinajstić information content (AvgIpc) is 3.52. The molecule has 1 saturated heterocycles. The zero-order chi connectivity index (χ0) is 22.3. The van der Waals surface area contributed by atoms with E-state index in [1.54, 1.807) is 6.92 Å². The van der Waals surface area contributed by atoms with Crippen LogP contribution in [0.3, 0.4) is 0 Å². The van der Waals surface area contributed by atoms with E-state index in [0.29, 0.717) is 24.0 Å². The Morgan fingerprint density at radius 1 is 1.22 bits per heavy atom. The molecule has 2 fully saturated rings. The summed E-state index contributed by atoms with van der Waals surface area (Å²) in [6.07, 6.45) is 7.98. The van der Waals surface area contributed by atoms with Gasteiger partial charge < -0.3 is 9.64 Å². The molecule has 1 amide bonds. The number of esters is 1. The normalized spacial score (nSPS) is 26.0. The fourth-order valence-electron chi connectivity index (χ4n) is 5.22. The summed E-state index contributed by atoms with van der Waals surface area (Å²) < 4.78 is 6.65. The molecule has 32 heavy (non-hydrogen) atoms. The van der Waals surface area contributed by atoms with Gasteiger partial charge in [0.15, 0.2) is 5.82 Å². The SMILES string of the molecule is CC1=C(N2CCC3(CCC(N(C)Cc4ccc(-n5cnnn5)nc4)CC3)C2=O)COC1=O. The lowest BCUT2D eigenvalue weighted by Gasteiger charge is -2.39. The molecule has 0 radical (unpaired) electrons. The Bertz CT molecular complexity index is 1040. The van der Waals surface area contributed by atoms with Crippen LogP contribution in [0.5, 0.6) is 0 Å². The fraction of sp³-hybridized carbons (Fsp3) is 0.545. The molecule has 2 aliphatic heterocycles. The van der Waals surface area contributed by atoms with E-state index >= 15 is 0 Å². The van der Waals surface area contributed by atoms with Crippen molar-refractivity contribution in [3.63, 3.8) is 0 Å². The summed E-state index contributed by atoms with van der Waals surface area (Å²) in [5.41, 5.74) is 2.17. The number of ether oxygens (including phenoxy) is 1. The maximum absolute atomic E-state index is 13.3. The Balaban J connectivity index is 1.18. The molecule has 2 aromatic rings. The maximum Gasteiger partial charge on any atom is 0.336 e. The van der Waals surface area contributed by atoms with E-state index in [-0.39, 0.29) is 23.9 Å². The number of hydrogen-bond acceptors (Lipinski definition) is 8. The molecule has 1 saturated carbocycles. The molecule has 4 heterocycles. The quantitative estimate of drug-likeness (QED) is 0.648. The number of carbonyl (C=O) groups is 2. The number of amides is 1. The second kappa shape index (κ2) is 8.09. The van der Waals surface area contributed by atoms with Crippen molar-refractivity contribution in [2.24, 2.45) is 5.41 Å². The topological polar surface area (TPSA) is 106 Å². The largest absolute Gasteiger partial charge is 0.456 e. The van der Waals surface area contributed by atoms with Crippen LogP contribution < -0.4 is 0 Å². The van der Waals surface area contributed by atoms with Gasteiger partial charge in [0.25, 0.3) is 0 Å². The Morgan fingerprint density at radius 2 is 2.03 bits per heavy atom. The molecular weight excluding hydrogens is 410 g/mol. The van der Waals surface area contributed by atoms with E-state index in [4.69, 9.17) is 4.74 Å². The molecule has 5 rings (SSSR count). The lowest BCUT2D eigenvalue weighted by molar-refractivity contribution is -0.138. The molecule has 2 aromatic heterocycles. The van der Waals surface area contributed by atoms with Gasteiger partial charge in [0.1, 0.15) is 12.9 Å². The molecule has 0 N–H and O–H groups in total. The van der Waals surface area contributed by atoms with Gasteiger partial charge in [-0.1, -0.05) is 6.07 Å². The van der Waals surface area contributed by atoms with Gasteiger partial charge in [-0.25, -0.2) is 9.78 Å². The van der Waals surface area contributed by atoms with Crippen molar-refractivity contribution in [2.75, 3.05) is 20.2 Å². The summed E-state index contributed by atoms with van der Waals surface area (Å²) in [5.74, 6) is 0.554. The van der Waals surface area contributed by atoms with Crippen LogP contribution in [-0.4, -0.2) is 73.1 Å². The molecule has 168 valence electrons. The van der Waals surface area contributed by atoms with Gasteiger partial charge in [-0.3, -0.25) is 9.69 Å². The average molecular weight is 438 g/mol. The minimum atomic E-state index is -0.306. The number of carbonyl (C=O) groups excluding carboxylic acids is 2. The van der Waals surface area contributed by atoms with Gasteiger partial charge >= 0.3 is 5.97 Å². The second-order valence-corrected chi connectivity index (χ2v) is 9.06. The van der Waals surface area contributed by atoms with Crippen molar-refractivity contribution in [1.82, 2.24) is 35.0 Å². The molecule has 10 heteroatoms. The van der Waals surface area contributed by atoms with Gasteiger partial charge in [-0.05, 0) is 68.1 Å². The van der Waals surface area contributed by atoms with Crippen LogP contribution in [0.15, 0.2) is 35.9 Å². The van der Waals surface area contributed by atoms with E-state index in [9.17, 15) is 9.59 Å². The first-order valence-corrected chi connectivity index (χ1v) is 11.0. The molecule has 3 aliphatic rings. The summed E-state index contributed by atoms with van der Waals surface area (Å²) in [5, 5.41) is 11.1. The summed E-state index contributed by atoms with van der Waals surface area (Å²) >= 11 is 0. The number of hydrogen-bond donors (Lipinski definition) is 0. The van der Waals surface area contributed by atoms with E-state index in [1.165, 1.54) is 11.0 Å². The number of aromatic nitrogens is 5. The molecular formula is C22H27N7O3. The molecule has 0 bridgehead atoms. The van der Waals surface area contributed by atoms with Crippen LogP contribution in [0.1, 0.15) is 44.6 Å². The van der Waals surface area contributed by atoms with Crippen LogP contribution in [0.2, 0.25) is 0 Å². The Kier molecular flexibility index (Phi) is 5.24. The standard InChI is InChI=1S/C22H27N7O3/c1-15-18(13-32-20(15)30)28-10-9-22(21(28)31)7-5-17(6-8-22)27(2)12-16-3-4-19(23-11-16)29-14-24-25-26-29/h3-4,11,14,17H,5-10,12-13H2,1-2H3. The minimum absolute atomic E-state index is 0.175. The highest BCUT2D eigenvalue weighted by molar-refractivity contribution is 5.94. The summed E-state index contributed by atoms with van der Waals surface area (Å²) in [7, 11) is 2.14. The number of nitrogens with zero attached hydrogens (tertiary/aromatic N) is 7. The smallest absolute Gasteiger partial charge is 0.336 e. The summed E-state index contributed by atoms with van der Waals surface area (Å²) in [4.78, 5) is 33.6. The minimum Gasteiger partial charge on any atom is -0.456 e. The highest BCUT2D eigenvalue weighted by Gasteiger charge is 2.50. The highest BCUT2D eigenvalue weighted by atomic mass is 16.5. The molecule has 1 aliphatic carbocycles. The number of rotatable bonds is 5. The van der Waals surface area contributed by atoms with Gasteiger partial charge in [0.2, 0.25) is 5.91 Å². The first kappa shape index (κ1) is 20.7. The number of likely N-dealkylation sites (tertiary alicyclic amines) is 1. The van der Waals surface area contributed by atoms with Gasteiger partial charge in [-0.15, -0.1) is 5.10 Å². The Hall–Kier alpha value is -3.14. The molecule has 0 atom stereocenters. The van der Waals surface area contributed by atoms with Crippen LogP contribution in [0.25, 0.3) is 5.82 Å².